The maximum absolute atomic E-state index is 6.69. The summed E-state index contributed by atoms with van der Waals surface area (Å²) in [5.74, 6) is 12.6. The first-order chi connectivity index (χ1) is 66.8. The van der Waals surface area contributed by atoms with Crippen LogP contribution in [0.2, 0.25) is 0 Å². The molecule has 8 aromatic heterocycles. The maximum atomic E-state index is 6.69. The summed E-state index contributed by atoms with van der Waals surface area (Å²) < 4.78 is 16.1. The molecule has 0 saturated heterocycles. The quantitative estimate of drug-likeness (QED) is 0.0828. The van der Waals surface area contributed by atoms with E-state index in [9.17, 15) is 0 Å². The number of nitrogens with zero attached hydrogens (tertiary/aromatic N) is 12. The molecule has 0 fully saturated rings. The van der Waals surface area contributed by atoms with Gasteiger partial charge in [0.05, 0.1) is 29.8 Å². The minimum atomic E-state index is 0. The molecule has 16 heteroatoms. The second kappa shape index (κ2) is 45.7. The first-order valence-corrected chi connectivity index (χ1v) is 43.8. The van der Waals surface area contributed by atoms with Crippen LogP contribution in [0.15, 0.2) is 474 Å². The zero-order chi connectivity index (χ0) is 91.3. The van der Waals surface area contributed by atoms with Gasteiger partial charge in [-0.25, -0.2) is 26.9 Å². The average Bonchev–Trinajstić information content (AvgIpc) is 1.59. The van der Waals surface area contributed by atoms with E-state index in [4.69, 9.17) is 29.1 Å². The molecule has 0 atom stereocenters. The number of hydrogen-bond acceptors (Lipinski definition) is 8. The third-order valence-electron chi connectivity index (χ3n) is 22.6. The van der Waals surface area contributed by atoms with Crippen molar-refractivity contribution in [1.29, 1.82) is 0 Å². The number of benzene rings is 15. The normalized spacial score (nSPS) is 10.6. The Kier molecular flexibility index (Phi) is 31.2. The number of hydrogen-bond donors (Lipinski definition) is 0. The van der Waals surface area contributed by atoms with Crippen LogP contribution >= 0.6 is 0 Å². The zero-order valence-electron chi connectivity index (χ0n) is 73.9. The van der Waals surface area contributed by atoms with Gasteiger partial charge in [-0.3, -0.25) is 32.5 Å². The standard InChI is InChI=1S/C32H21N4O.2C32H21N4.C10H5.C8H7.C8H5.3Pt/c1-2-8-23(9-3-1)24-15-17-25(18-16-24)26-21-34-35(22-26)27-10-6-11-28(20-27)36-29-12-4-5-13-30(29)37-31-14-7-19-33-32(31)36;1-2-8-23(9-3-1)24-15-17-25(18-16-24)26-21-34-35(22-26)27-10-6-11-28(20-27)36-31-14-5-4-12-29(31)30-13-7-19-33-32(30)36;1-2-8-23(9-3-1)24-13-15-25(16-14-24)26-21-34-35(22-26)27-17-18-29-28-10-4-5-11-30(28)36(31(29)20-27)32-12-6-7-19-33-32;1-2-3-7-10-8-5-4-6-9-10;2*1-2-8-6-4-3-5-7-8;;;/h1-19,21-22H;2*1-19,21-22H;4-6,8-9H;1-7H;3-7H;;;/q6*-1;3*+2. The predicted octanol–water partition coefficient (Wildman–Crippen LogP) is 28.4. The predicted molar refractivity (Wildman–Crippen MR) is 545 cm³/mol. The SMILES string of the molecule is [C-]#CC#Cc1ccccc1.[C-]#Cc1ccccc1.[CH-]=Cc1ccccc1.[Pt+2].[Pt+2].[Pt+2].[c-]1c(-n2cc(-c3ccc(-c4ccccc4)cc3)cn2)ccc2c3ccccc3n(-c3ccccn3)c12.[c-]1c(-n2cc(-c3ccc(-c4ccccc4)cc3)cn2)cccc1-n1c2ccccc2c2cccnc21.[c-]1c(N2c3ccccc3Oc3cccnc32)cccc1-n1cc(-c2ccc(-c3ccccc3)cc2)cn1. The van der Waals surface area contributed by atoms with Gasteiger partial charge < -0.3 is 31.6 Å². The van der Waals surface area contributed by atoms with E-state index in [1.165, 1.54) is 44.2 Å². The fraction of sp³-hybridized carbons (Fsp3) is 0. The minimum Gasteiger partial charge on any atom is -0.451 e. The molecule has 9 heterocycles. The molecule has 15 aromatic carbocycles. The summed E-state index contributed by atoms with van der Waals surface area (Å²) in [7, 11) is 0. The molecular formula is C122H80N12OPt3. The van der Waals surface area contributed by atoms with Crippen molar-refractivity contribution in [3.63, 3.8) is 0 Å². The Balaban J connectivity index is 0.000000131. The monoisotopic (exact) mass is 2310 g/mol. The molecule has 24 rings (SSSR count). The number of para-hydroxylation sites is 4. The number of anilines is 3. The molecule has 664 valence electrons. The summed E-state index contributed by atoms with van der Waals surface area (Å²) >= 11 is 0. The Hall–Kier alpha value is -16.9. The van der Waals surface area contributed by atoms with Gasteiger partial charge in [0, 0.05) is 75.7 Å². The molecule has 0 amide bonds. The third kappa shape index (κ3) is 21.8. The summed E-state index contributed by atoms with van der Waals surface area (Å²) in [6.45, 7) is 5.22. The maximum Gasteiger partial charge on any atom is 2.00 e. The van der Waals surface area contributed by atoms with Crippen LogP contribution in [0, 0.1) is 61.3 Å². The van der Waals surface area contributed by atoms with Gasteiger partial charge in [-0.15, -0.1) is 83.7 Å². The minimum absolute atomic E-state index is 0. The van der Waals surface area contributed by atoms with Crippen LogP contribution in [0.4, 0.5) is 17.2 Å². The van der Waals surface area contributed by atoms with Gasteiger partial charge in [0.15, 0.2) is 17.3 Å². The summed E-state index contributed by atoms with van der Waals surface area (Å²) in [5, 5.41) is 18.6. The molecule has 13 nitrogen and oxygen atoms in total. The van der Waals surface area contributed by atoms with Crippen LogP contribution in [-0.4, -0.2) is 53.4 Å². The van der Waals surface area contributed by atoms with Crippen molar-refractivity contribution in [3.05, 3.63) is 529 Å². The molecule has 1 aliphatic heterocycles. The van der Waals surface area contributed by atoms with Crippen molar-refractivity contribution in [2.75, 3.05) is 4.90 Å². The van der Waals surface area contributed by atoms with Crippen LogP contribution in [0.1, 0.15) is 16.7 Å². The van der Waals surface area contributed by atoms with E-state index in [1.54, 1.807) is 12.3 Å². The summed E-state index contributed by atoms with van der Waals surface area (Å²) in [6.07, 6.45) is 32.1. The number of fused-ring (bicyclic) bond motifs is 8. The Labute approximate surface area is 845 Å². The number of aromatic nitrogens is 11. The Morgan fingerprint density at radius 3 is 1.20 bits per heavy atom. The second-order valence-corrected chi connectivity index (χ2v) is 31.1. The topological polar surface area (TPSA) is 114 Å². The number of ether oxygens (including phenoxy) is 1. The smallest absolute Gasteiger partial charge is 0.451 e. The van der Waals surface area contributed by atoms with E-state index in [1.807, 2.05) is 257 Å². The summed E-state index contributed by atoms with van der Waals surface area (Å²) in [5.41, 5.74) is 26.0. The van der Waals surface area contributed by atoms with E-state index in [0.29, 0.717) is 5.75 Å². The fourth-order valence-corrected chi connectivity index (χ4v) is 16.0. The third-order valence-corrected chi connectivity index (χ3v) is 22.6. The number of rotatable bonds is 13. The van der Waals surface area contributed by atoms with Gasteiger partial charge in [-0.2, -0.15) is 45.0 Å². The summed E-state index contributed by atoms with van der Waals surface area (Å²) in [4.78, 5) is 16.0. The molecule has 0 bridgehead atoms. The van der Waals surface area contributed by atoms with Crippen LogP contribution < -0.4 is 9.64 Å². The van der Waals surface area contributed by atoms with Crippen molar-refractivity contribution < 1.29 is 67.9 Å². The van der Waals surface area contributed by atoms with Crippen molar-refractivity contribution in [1.82, 2.24) is 53.4 Å². The molecular weight excluding hydrogens is 2230 g/mol. The van der Waals surface area contributed by atoms with Gasteiger partial charge in [-0.05, 0) is 145 Å². The molecule has 1 aliphatic rings. The van der Waals surface area contributed by atoms with Crippen molar-refractivity contribution >= 4 is 67.0 Å². The van der Waals surface area contributed by atoms with Gasteiger partial charge in [0.1, 0.15) is 11.5 Å². The molecule has 0 saturated carbocycles. The molecule has 0 unspecified atom stereocenters. The van der Waals surface area contributed by atoms with Gasteiger partial charge in [-0.1, -0.05) is 290 Å². The van der Waals surface area contributed by atoms with Crippen LogP contribution in [0.5, 0.6) is 11.5 Å². The van der Waals surface area contributed by atoms with E-state index in [-0.39, 0.29) is 63.2 Å². The van der Waals surface area contributed by atoms with Gasteiger partial charge in [0.2, 0.25) is 0 Å². The second-order valence-electron chi connectivity index (χ2n) is 31.1. The van der Waals surface area contributed by atoms with Crippen molar-refractivity contribution in [2.45, 2.75) is 0 Å². The Morgan fingerprint density at radius 1 is 0.304 bits per heavy atom. The molecule has 0 N–H and O–H groups in total. The largest absolute Gasteiger partial charge is 2.00 e. The van der Waals surface area contributed by atoms with E-state index in [2.05, 4.69) is 306 Å². The molecule has 23 aromatic rings. The first kappa shape index (κ1) is 94.3. The molecule has 0 aliphatic carbocycles. The molecule has 0 spiro atoms. The average molecular weight is 2320 g/mol. The Bertz CT molecular complexity index is 8070. The first-order valence-electron chi connectivity index (χ1n) is 43.8. The number of pyridine rings is 3. The van der Waals surface area contributed by atoms with Gasteiger partial charge >= 0.3 is 63.2 Å². The summed E-state index contributed by atoms with van der Waals surface area (Å²) in [6, 6.07) is 151. The van der Waals surface area contributed by atoms with E-state index >= 15 is 0 Å². The fourth-order valence-electron chi connectivity index (χ4n) is 16.0. The van der Waals surface area contributed by atoms with E-state index in [0.717, 1.165) is 135 Å². The van der Waals surface area contributed by atoms with E-state index < -0.39 is 0 Å². The van der Waals surface area contributed by atoms with Crippen molar-refractivity contribution in [2.24, 2.45) is 0 Å². The van der Waals surface area contributed by atoms with Crippen molar-refractivity contribution in [3.8, 4) is 131 Å². The molecule has 138 heavy (non-hydrogen) atoms. The van der Waals surface area contributed by atoms with Gasteiger partial charge in [0.25, 0.3) is 0 Å². The molecule has 0 radical (unpaired) electrons. The van der Waals surface area contributed by atoms with Crippen LogP contribution in [0.25, 0.3) is 145 Å². The Morgan fingerprint density at radius 2 is 0.703 bits per heavy atom. The van der Waals surface area contributed by atoms with Crippen LogP contribution in [-0.2, 0) is 63.2 Å². The van der Waals surface area contributed by atoms with Crippen LogP contribution in [0.3, 0.4) is 0 Å². The zero-order valence-corrected chi connectivity index (χ0v) is 80.7.